The first-order valence-electron chi connectivity index (χ1n) is 9.65. The Bertz CT molecular complexity index is 1140. The van der Waals surface area contributed by atoms with E-state index in [4.69, 9.17) is 4.52 Å². The minimum Gasteiger partial charge on any atom is -0.333 e. The lowest BCUT2D eigenvalue weighted by Gasteiger charge is -2.07. The Balaban J connectivity index is 1.61. The molecule has 2 aromatic heterocycles. The SMILES string of the molecule is [CH2]CCNCc1ccc(-c2noc(-c3cc(-c4ccccc4)c(C(F)(F)F)s3)n2)cc1. The maximum absolute atomic E-state index is 13.6. The molecule has 0 unspecified atom stereocenters. The number of rotatable bonds is 7. The Morgan fingerprint density at radius 2 is 1.74 bits per heavy atom. The van der Waals surface area contributed by atoms with Crippen LogP contribution in [0.1, 0.15) is 16.9 Å². The van der Waals surface area contributed by atoms with E-state index in [0.29, 0.717) is 22.7 Å². The van der Waals surface area contributed by atoms with E-state index in [1.54, 1.807) is 30.3 Å². The van der Waals surface area contributed by atoms with E-state index >= 15 is 0 Å². The van der Waals surface area contributed by atoms with Gasteiger partial charge >= 0.3 is 6.18 Å². The van der Waals surface area contributed by atoms with E-state index in [0.717, 1.165) is 30.6 Å². The predicted octanol–water partition coefficient (Wildman–Crippen LogP) is 6.46. The molecule has 1 radical (unpaired) electrons. The average molecular weight is 442 g/mol. The van der Waals surface area contributed by atoms with E-state index < -0.39 is 11.1 Å². The number of aromatic nitrogens is 2. The van der Waals surface area contributed by atoms with Crippen molar-refractivity contribution in [2.24, 2.45) is 0 Å². The molecule has 0 saturated carbocycles. The standard InChI is InChI=1S/C23H19F3N3OS/c1-2-12-27-14-15-8-10-17(11-9-15)21-28-22(30-29-21)19-13-18(16-6-4-3-5-7-16)20(31-19)23(24,25)26/h3-11,13,27H,1-2,12,14H2. The molecule has 0 aliphatic carbocycles. The van der Waals surface area contributed by atoms with Gasteiger partial charge in [-0.05, 0) is 30.2 Å². The van der Waals surface area contributed by atoms with Crippen LogP contribution < -0.4 is 5.32 Å². The summed E-state index contributed by atoms with van der Waals surface area (Å²) in [5.74, 6) is 0.393. The molecular weight excluding hydrogens is 423 g/mol. The van der Waals surface area contributed by atoms with Crippen LogP contribution in [0.15, 0.2) is 65.2 Å². The molecule has 0 amide bonds. The number of nitrogens with one attached hydrogen (secondary N) is 1. The lowest BCUT2D eigenvalue weighted by molar-refractivity contribution is -0.133. The highest BCUT2D eigenvalue weighted by atomic mass is 32.1. The Morgan fingerprint density at radius 3 is 2.42 bits per heavy atom. The van der Waals surface area contributed by atoms with E-state index in [9.17, 15) is 13.2 Å². The molecule has 8 heteroatoms. The lowest BCUT2D eigenvalue weighted by Crippen LogP contribution is -2.13. The van der Waals surface area contributed by atoms with Gasteiger partial charge in [0.1, 0.15) is 4.88 Å². The first-order chi connectivity index (χ1) is 15.0. The maximum atomic E-state index is 13.6. The van der Waals surface area contributed by atoms with Crippen molar-refractivity contribution in [2.75, 3.05) is 6.54 Å². The summed E-state index contributed by atoms with van der Waals surface area (Å²) in [6.45, 7) is 5.35. The molecule has 2 heterocycles. The van der Waals surface area contributed by atoms with Crippen LogP contribution in [-0.4, -0.2) is 16.7 Å². The summed E-state index contributed by atoms with van der Waals surface area (Å²) in [6.07, 6.45) is -3.66. The molecule has 0 saturated heterocycles. The highest BCUT2D eigenvalue weighted by molar-refractivity contribution is 7.16. The number of nitrogens with zero attached hydrogens (tertiary/aromatic N) is 2. The van der Waals surface area contributed by atoms with Gasteiger partial charge in [-0.1, -0.05) is 66.7 Å². The van der Waals surface area contributed by atoms with Crippen LogP contribution in [0.2, 0.25) is 0 Å². The van der Waals surface area contributed by atoms with E-state index in [-0.39, 0.29) is 16.3 Å². The molecule has 0 aliphatic rings. The zero-order valence-electron chi connectivity index (χ0n) is 16.4. The second-order valence-corrected chi connectivity index (χ2v) is 7.92. The molecule has 31 heavy (non-hydrogen) atoms. The average Bonchev–Trinajstić information content (AvgIpc) is 3.43. The van der Waals surface area contributed by atoms with Gasteiger partial charge in [0, 0.05) is 17.7 Å². The highest BCUT2D eigenvalue weighted by Crippen LogP contribution is 2.45. The summed E-state index contributed by atoms with van der Waals surface area (Å²) in [7, 11) is 0. The molecule has 4 nitrogen and oxygen atoms in total. The molecule has 2 aromatic carbocycles. The first-order valence-corrected chi connectivity index (χ1v) is 10.5. The van der Waals surface area contributed by atoms with Crippen LogP contribution >= 0.6 is 11.3 Å². The second kappa shape index (κ2) is 9.03. The summed E-state index contributed by atoms with van der Waals surface area (Å²) in [6, 6.07) is 17.5. The van der Waals surface area contributed by atoms with Crippen molar-refractivity contribution >= 4 is 11.3 Å². The smallest absolute Gasteiger partial charge is 0.333 e. The Morgan fingerprint density at radius 1 is 1.00 bits per heavy atom. The van der Waals surface area contributed by atoms with Crippen molar-refractivity contribution in [1.29, 1.82) is 0 Å². The summed E-state index contributed by atoms with van der Waals surface area (Å²) < 4.78 is 46.1. The molecule has 1 N–H and O–H groups in total. The van der Waals surface area contributed by atoms with E-state index in [2.05, 4.69) is 22.4 Å². The quantitative estimate of drug-likeness (QED) is 0.334. The monoisotopic (exact) mass is 442 g/mol. The van der Waals surface area contributed by atoms with Gasteiger partial charge in [0.25, 0.3) is 5.89 Å². The first kappa shape index (κ1) is 21.3. The molecule has 4 rings (SSSR count). The number of hydrogen-bond donors (Lipinski definition) is 1. The molecule has 0 spiro atoms. The third-order valence-electron chi connectivity index (χ3n) is 4.61. The van der Waals surface area contributed by atoms with Crippen LogP contribution in [-0.2, 0) is 12.7 Å². The van der Waals surface area contributed by atoms with Crippen molar-refractivity contribution in [3.63, 3.8) is 0 Å². The fourth-order valence-corrected chi connectivity index (χ4v) is 4.08. The van der Waals surface area contributed by atoms with Gasteiger partial charge in [-0.2, -0.15) is 18.2 Å². The topological polar surface area (TPSA) is 51.0 Å². The van der Waals surface area contributed by atoms with Gasteiger partial charge in [0.05, 0.1) is 4.88 Å². The number of halogens is 3. The zero-order valence-corrected chi connectivity index (χ0v) is 17.3. The number of hydrogen-bond acceptors (Lipinski definition) is 5. The summed E-state index contributed by atoms with van der Waals surface area (Å²) in [4.78, 5) is 3.92. The minimum atomic E-state index is -4.48. The van der Waals surface area contributed by atoms with Gasteiger partial charge in [-0.15, -0.1) is 11.3 Å². The summed E-state index contributed by atoms with van der Waals surface area (Å²) >= 11 is 0.602. The summed E-state index contributed by atoms with van der Waals surface area (Å²) in [5.41, 5.74) is 2.42. The van der Waals surface area contributed by atoms with Crippen molar-refractivity contribution in [2.45, 2.75) is 19.1 Å². The molecule has 0 bridgehead atoms. The van der Waals surface area contributed by atoms with Gasteiger partial charge in [0.2, 0.25) is 5.82 Å². The van der Waals surface area contributed by atoms with Gasteiger partial charge < -0.3 is 9.84 Å². The predicted molar refractivity (Wildman–Crippen MR) is 115 cm³/mol. The molecule has 159 valence electrons. The fourth-order valence-electron chi connectivity index (χ4n) is 3.11. The second-order valence-electron chi connectivity index (χ2n) is 6.87. The third kappa shape index (κ3) is 4.86. The Hall–Kier alpha value is -2.97. The minimum absolute atomic E-state index is 0.0638. The summed E-state index contributed by atoms with van der Waals surface area (Å²) in [5, 5.41) is 7.22. The lowest BCUT2D eigenvalue weighted by atomic mass is 10.1. The van der Waals surface area contributed by atoms with Crippen molar-refractivity contribution < 1.29 is 17.7 Å². The van der Waals surface area contributed by atoms with Crippen molar-refractivity contribution in [1.82, 2.24) is 15.5 Å². The Labute approximate surface area is 181 Å². The molecular formula is C23H19F3N3OS. The van der Waals surface area contributed by atoms with E-state index in [1.807, 2.05) is 24.3 Å². The normalized spacial score (nSPS) is 11.7. The number of thiophene rings is 1. The molecule has 0 fully saturated rings. The fraction of sp³-hybridized carbons (Fsp3) is 0.174. The number of alkyl halides is 3. The molecule has 0 aliphatic heterocycles. The van der Waals surface area contributed by atoms with Crippen molar-refractivity contribution in [3.05, 3.63) is 78.0 Å². The molecule has 4 aromatic rings. The van der Waals surface area contributed by atoms with Crippen LogP contribution in [0.5, 0.6) is 0 Å². The largest absolute Gasteiger partial charge is 0.426 e. The van der Waals surface area contributed by atoms with Crippen molar-refractivity contribution in [3.8, 4) is 33.3 Å². The maximum Gasteiger partial charge on any atom is 0.426 e. The number of benzene rings is 2. The highest BCUT2D eigenvalue weighted by Gasteiger charge is 2.37. The van der Waals surface area contributed by atoms with Gasteiger partial charge in [0.15, 0.2) is 0 Å². The van der Waals surface area contributed by atoms with Crippen LogP contribution in [0.3, 0.4) is 0 Å². The molecule has 0 atom stereocenters. The van der Waals surface area contributed by atoms with Crippen LogP contribution in [0.25, 0.3) is 33.3 Å². The van der Waals surface area contributed by atoms with Crippen LogP contribution in [0.4, 0.5) is 13.2 Å². The van der Waals surface area contributed by atoms with Gasteiger partial charge in [-0.25, -0.2) is 0 Å². The Kier molecular flexibility index (Phi) is 6.20. The van der Waals surface area contributed by atoms with Crippen LogP contribution in [0, 0.1) is 6.92 Å². The van der Waals surface area contributed by atoms with E-state index in [1.165, 1.54) is 6.07 Å². The van der Waals surface area contributed by atoms with Gasteiger partial charge in [-0.3, -0.25) is 0 Å². The zero-order chi connectivity index (χ0) is 21.8. The third-order valence-corrected chi connectivity index (χ3v) is 5.77.